The first-order chi connectivity index (χ1) is 12.5. The standard InChI is InChI=1S/C20H24N2O4/c1-15-5-3-6-17(11-15)26-10-8-21(2)20(24)16-12-19(23)22(13-16)14-18-7-4-9-25-18/h3-7,9,11,16H,8,10,12-14H2,1-2H3. The first-order valence-corrected chi connectivity index (χ1v) is 8.77. The average Bonchev–Trinajstić information content (AvgIpc) is 3.25. The van der Waals surface area contributed by atoms with Crippen LogP contribution in [0.15, 0.2) is 47.1 Å². The fraction of sp³-hybridized carbons (Fsp3) is 0.400. The Kier molecular flexibility index (Phi) is 5.61. The molecule has 1 aromatic carbocycles. The number of carbonyl (C=O) groups excluding carboxylic acids is 2. The van der Waals surface area contributed by atoms with Crippen LogP contribution in [0.4, 0.5) is 0 Å². The third kappa shape index (κ3) is 4.45. The molecule has 0 radical (unpaired) electrons. The van der Waals surface area contributed by atoms with Crippen molar-refractivity contribution < 1.29 is 18.7 Å². The highest BCUT2D eigenvalue weighted by Crippen LogP contribution is 2.22. The number of likely N-dealkylation sites (N-methyl/N-ethyl adjacent to an activating group) is 1. The van der Waals surface area contributed by atoms with Gasteiger partial charge in [0.15, 0.2) is 0 Å². The van der Waals surface area contributed by atoms with Crippen molar-refractivity contribution in [3.8, 4) is 5.75 Å². The smallest absolute Gasteiger partial charge is 0.227 e. The zero-order chi connectivity index (χ0) is 18.5. The number of hydrogen-bond acceptors (Lipinski definition) is 4. The molecule has 1 aliphatic rings. The van der Waals surface area contributed by atoms with Crippen LogP contribution in [0.3, 0.4) is 0 Å². The van der Waals surface area contributed by atoms with Gasteiger partial charge in [-0.2, -0.15) is 0 Å². The minimum Gasteiger partial charge on any atom is -0.492 e. The van der Waals surface area contributed by atoms with Crippen LogP contribution in [0.25, 0.3) is 0 Å². The Morgan fingerprint density at radius 1 is 1.35 bits per heavy atom. The lowest BCUT2D eigenvalue weighted by atomic mass is 10.1. The summed E-state index contributed by atoms with van der Waals surface area (Å²) in [5.74, 6) is 1.19. The monoisotopic (exact) mass is 356 g/mol. The predicted molar refractivity (Wildman–Crippen MR) is 96.5 cm³/mol. The Bertz CT molecular complexity index is 757. The van der Waals surface area contributed by atoms with Crippen LogP contribution in [0, 0.1) is 12.8 Å². The molecular weight excluding hydrogens is 332 g/mol. The fourth-order valence-corrected chi connectivity index (χ4v) is 3.11. The van der Waals surface area contributed by atoms with Gasteiger partial charge in [0.2, 0.25) is 11.8 Å². The third-order valence-electron chi connectivity index (χ3n) is 4.55. The molecule has 1 aromatic heterocycles. The zero-order valence-electron chi connectivity index (χ0n) is 15.2. The molecule has 0 spiro atoms. The van der Waals surface area contributed by atoms with Gasteiger partial charge in [0.1, 0.15) is 18.1 Å². The molecule has 0 aliphatic carbocycles. The normalized spacial score (nSPS) is 16.8. The molecule has 3 rings (SSSR count). The second kappa shape index (κ2) is 8.08. The van der Waals surface area contributed by atoms with Gasteiger partial charge in [0, 0.05) is 20.0 Å². The first-order valence-electron chi connectivity index (χ1n) is 8.77. The van der Waals surface area contributed by atoms with Gasteiger partial charge in [0.05, 0.1) is 25.3 Å². The highest BCUT2D eigenvalue weighted by molar-refractivity contribution is 5.89. The van der Waals surface area contributed by atoms with Gasteiger partial charge in [-0.05, 0) is 36.8 Å². The van der Waals surface area contributed by atoms with Crippen molar-refractivity contribution >= 4 is 11.8 Å². The predicted octanol–water partition coefficient (Wildman–Crippen LogP) is 2.47. The van der Waals surface area contributed by atoms with Gasteiger partial charge in [-0.15, -0.1) is 0 Å². The maximum Gasteiger partial charge on any atom is 0.227 e. The van der Waals surface area contributed by atoms with Gasteiger partial charge in [-0.25, -0.2) is 0 Å². The Morgan fingerprint density at radius 3 is 2.92 bits per heavy atom. The fourth-order valence-electron chi connectivity index (χ4n) is 3.11. The van der Waals surface area contributed by atoms with Crippen LogP contribution in [0.1, 0.15) is 17.7 Å². The van der Waals surface area contributed by atoms with E-state index in [4.69, 9.17) is 9.15 Å². The van der Waals surface area contributed by atoms with Gasteiger partial charge in [-0.3, -0.25) is 9.59 Å². The van der Waals surface area contributed by atoms with E-state index in [1.54, 1.807) is 29.2 Å². The lowest BCUT2D eigenvalue weighted by molar-refractivity contribution is -0.134. The second-order valence-corrected chi connectivity index (χ2v) is 6.68. The number of ether oxygens (including phenoxy) is 1. The van der Waals surface area contributed by atoms with Gasteiger partial charge in [-0.1, -0.05) is 12.1 Å². The van der Waals surface area contributed by atoms with Crippen LogP contribution in [0.2, 0.25) is 0 Å². The molecule has 26 heavy (non-hydrogen) atoms. The van der Waals surface area contributed by atoms with E-state index in [-0.39, 0.29) is 24.2 Å². The van der Waals surface area contributed by atoms with Crippen LogP contribution in [-0.4, -0.2) is 48.4 Å². The minimum atomic E-state index is -0.304. The van der Waals surface area contributed by atoms with E-state index in [9.17, 15) is 9.59 Å². The first kappa shape index (κ1) is 18.0. The van der Waals surface area contributed by atoms with Gasteiger partial charge in [0.25, 0.3) is 0 Å². The molecule has 6 nitrogen and oxygen atoms in total. The summed E-state index contributed by atoms with van der Waals surface area (Å²) in [6.07, 6.45) is 1.84. The summed E-state index contributed by atoms with van der Waals surface area (Å²) < 4.78 is 11.0. The molecule has 1 unspecified atom stereocenters. The molecule has 138 valence electrons. The lowest BCUT2D eigenvalue weighted by Gasteiger charge is -2.21. The van der Waals surface area contributed by atoms with E-state index in [0.29, 0.717) is 26.2 Å². The van der Waals surface area contributed by atoms with Crippen LogP contribution < -0.4 is 4.74 Å². The Morgan fingerprint density at radius 2 is 2.19 bits per heavy atom. The molecule has 1 aliphatic heterocycles. The SMILES string of the molecule is Cc1cccc(OCCN(C)C(=O)C2CC(=O)N(Cc3ccco3)C2)c1. The van der Waals surface area contributed by atoms with E-state index >= 15 is 0 Å². The molecule has 2 amide bonds. The number of aryl methyl sites for hydroxylation is 1. The van der Waals surface area contributed by atoms with Gasteiger partial charge < -0.3 is 19.0 Å². The third-order valence-corrected chi connectivity index (χ3v) is 4.55. The summed E-state index contributed by atoms with van der Waals surface area (Å²) in [5, 5.41) is 0. The maximum atomic E-state index is 12.6. The molecule has 2 aromatic rings. The van der Waals surface area contributed by atoms with Crippen molar-refractivity contribution in [1.82, 2.24) is 9.80 Å². The molecule has 0 saturated carbocycles. The van der Waals surface area contributed by atoms with E-state index in [1.165, 1.54) is 0 Å². The number of amides is 2. The Balaban J connectivity index is 1.46. The lowest BCUT2D eigenvalue weighted by Crippen LogP contribution is -2.37. The highest BCUT2D eigenvalue weighted by Gasteiger charge is 2.35. The van der Waals surface area contributed by atoms with E-state index < -0.39 is 0 Å². The van der Waals surface area contributed by atoms with Crippen LogP contribution in [0.5, 0.6) is 5.75 Å². The van der Waals surface area contributed by atoms with Crippen molar-refractivity contribution in [3.05, 3.63) is 54.0 Å². The molecule has 1 saturated heterocycles. The molecule has 0 N–H and O–H groups in total. The molecule has 2 heterocycles. The van der Waals surface area contributed by atoms with E-state index in [1.807, 2.05) is 37.3 Å². The topological polar surface area (TPSA) is 63.0 Å². The number of benzene rings is 1. The van der Waals surface area contributed by atoms with E-state index in [0.717, 1.165) is 17.1 Å². The molecule has 6 heteroatoms. The zero-order valence-corrected chi connectivity index (χ0v) is 15.2. The molecule has 1 atom stereocenters. The summed E-state index contributed by atoms with van der Waals surface area (Å²) in [6, 6.07) is 11.4. The second-order valence-electron chi connectivity index (χ2n) is 6.68. The number of hydrogen-bond donors (Lipinski definition) is 0. The number of carbonyl (C=O) groups is 2. The summed E-state index contributed by atoms with van der Waals surface area (Å²) in [6.45, 7) is 3.75. The number of likely N-dealkylation sites (tertiary alicyclic amines) is 1. The maximum absolute atomic E-state index is 12.6. The van der Waals surface area contributed by atoms with Crippen molar-refractivity contribution in [2.24, 2.45) is 5.92 Å². The number of furan rings is 1. The van der Waals surface area contributed by atoms with Gasteiger partial charge >= 0.3 is 0 Å². The minimum absolute atomic E-state index is 0.0100. The van der Waals surface area contributed by atoms with Crippen molar-refractivity contribution in [1.29, 1.82) is 0 Å². The number of nitrogens with zero attached hydrogens (tertiary/aromatic N) is 2. The quantitative estimate of drug-likeness (QED) is 0.765. The van der Waals surface area contributed by atoms with E-state index in [2.05, 4.69) is 0 Å². The Hall–Kier alpha value is -2.76. The Labute approximate surface area is 153 Å². The summed E-state index contributed by atoms with van der Waals surface area (Å²) >= 11 is 0. The highest BCUT2D eigenvalue weighted by atomic mass is 16.5. The number of rotatable bonds is 7. The average molecular weight is 356 g/mol. The molecule has 1 fully saturated rings. The van der Waals surface area contributed by atoms with Crippen LogP contribution >= 0.6 is 0 Å². The summed E-state index contributed by atoms with van der Waals surface area (Å²) in [7, 11) is 1.75. The van der Waals surface area contributed by atoms with Crippen molar-refractivity contribution in [3.63, 3.8) is 0 Å². The van der Waals surface area contributed by atoms with Crippen molar-refractivity contribution in [2.45, 2.75) is 19.9 Å². The summed E-state index contributed by atoms with van der Waals surface area (Å²) in [4.78, 5) is 28.1. The van der Waals surface area contributed by atoms with Crippen LogP contribution in [-0.2, 0) is 16.1 Å². The van der Waals surface area contributed by atoms with Crippen molar-refractivity contribution in [2.75, 3.05) is 26.7 Å². The largest absolute Gasteiger partial charge is 0.492 e. The molecule has 0 bridgehead atoms. The summed E-state index contributed by atoms with van der Waals surface area (Å²) in [5.41, 5.74) is 1.13. The molecular formula is C20H24N2O4.